The number of nitrogens with zero attached hydrogens (tertiary/aromatic N) is 3. The minimum absolute atomic E-state index is 0.229. The Morgan fingerprint density at radius 3 is 2.29 bits per heavy atom. The Labute approximate surface area is 165 Å². The van der Waals surface area contributed by atoms with Crippen molar-refractivity contribution in [3.63, 3.8) is 0 Å². The summed E-state index contributed by atoms with van der Waals surface area (Å²) in [5.41, 5.74) is 0.0375. The highest BCUT2D eigenvalue weighted by Gasteiger charge is 2.28. The molecule has 2 heterocycles. The van der Waals surface area contributed by atoms with Crippen molar-refractivity contribution in [3.8, 4) is 0 Å². The number of carbonyl (C=O) groups excluding carboxylic acids is 1. The van der Waals surface area contributed by atoms with Gasteiger partial charge >= 0.3 is 0 Å². The number of benzene rings is 1. The number of hydrogen-bond donors (Lipinski definition) is 0. The first-order valence-corrected chi connectivity index (χ1v) is 10.9. The lowest BCUT2D eigenvalue weighted by Crippen LogP contribution is -2.39. The number of amides is 1. The average molecular weight is 404 g/mol. The summed E-state index contributed by atoms with van der Waals surface area (Å²) in [4.78, 5) is 26.6. The molecule has 0 radical (unpaired) electrons. The van der Waals surface area contributed by atoms with Crippen molar-refractivity contribution in [3.05, 3.63) is 59.0 Å². The molecule has 1 aliphatic heterocycles. The van der Waals surface area contributed by atoms with E-state index >= 15 is 0 Å². The van der Waals surface area contributed by atoms with Crippen LogP contribution in [0.3, 0.4) is 0 Å². The van der Waals surface area contributed by atoms with E-state index < -0.39 is 15.6 Å². The quantitative estimate of drug-likeness (QED) is 0.766. The van der Waals surface area contributed by atoms with Crippen LogP contribution in [-0.4, -0.2) is 43.3 Å². The second kappa shape index (κ2) is 8.70. The van der Waals surface area contributed by atoms with Gasteiger partial charge in [0, 0.05) is 32.0 Å². The number of sulfonamides is 1. The maximum atomic E-state index is 13.0. The second-order valence-electron chi connectivity index (χ2n) is 6.91. The Morgan fingerprint density at radius 2 is 1.64 bits per heavy atom. The molecule has 1 aromatic heterocycles. The van der Waals surface area contributed by atoms with Crippen molar-refractivity contribution in [1.29, 1.82) is 0 Å². The summed E-state index contributed by atoms with van der Waals surface area (Å²) in [6, 6.07) is 11.9. The molecule has 1 aliphatic rings. The van der Waals surface area contributed by atoms with Gasteiger partial charge in [0.25, 0.3) is 5.56 Å². The molecule has 28 heavy (non-hydrogen) atoms. The standard InChI is InChI=1S/C20H25N3O4S/c1-21(17-10-5-4-6-11-17)19(24)16-22-13-9-12-18(20(22)25)28(26,27)23-14-7-2-3-8-15-23/h4-6,9-13H,2-3,7-8,14-16H2,1H3. The second-order valence-corrected chi connectivity index (χ2v) is 8.82. The van der Waals surface area contributed by atoms with Crippen LogP contribution >= 0.6 is 0 Å². The Hall–Kier alpha value is -2.45. The summed E-state index contributed by atoms with van der Waals surface area (Å²) in [5, 5.41) is 0. The summed E-state index contributed by atoms with van der Waals surface area (Å²) in [6.07, 6.45) is 5.01. The fourth-order valence-corrected chi connectivity index (χ4v) is 4.91. The first-order valence-electron chi connectivity index (χ1n) is 9.42. The highest BCUT2D eigenvalue weighted by atomic mass is 32.2. The van der Waals surface area contributed by atoms with Gasteiger partial charge in [-0.15, -0.1) is 0 Å². The van der Waals surface area contributed by atoms with Crippen molar-refractivity contribution in [2.45, 2.75) is 37.1 Å². The minimum Gasteiger partial charge on any atom is -0.314 e. The SMILES string of the molecule is CN(C(=O)Cn1cccc(S(=O)(=O)N2CCCCCC2)c1=O)c1ccccc1. The molecule has 0 aliphatic carbocycles. The van der Waals surface area contributed by atoms with Crippen LogP contribution in [0.2, 0.25) is 0 Å². The summed E-state index contributed by atoms with van der Waals surface area (Å²) in [5.74, 6) is -0.308. The lowest BCUT2D eigenvalue weighted by Gasteiger charge is -2.21. The summed E-state index contributed by atoms with van der Waals surface area (Å²) in [7, 11) is -2.25. The lowest BCUT2D eigenvalue weighted by atomic mass is 10.2. The largest absolute Gasteiger partial charge is 0.314 e. The molecule has 1 fully saturated rings. The molecule has 7 nitrogen and oxygen atoms in total. The normalized spacial score (nSPS) is 15.8. The molecule has 0 spiro atoms. The fourth-order valence-electron chi connectivity index (χ4n) is 3.30. The number of pyridine rings is 1. The van der Waals surface area contributed by atoms with E-state index in [0.717, 1.165) is 30.3 Å². The van der Waals surface area contributed by atoms with Crippen LogP contribution in [0.15, 0.2) is 58.4 Å². The molecule has 2 aromatic rings. The van der Waals surface area contributed by atoms with Crippen LogP contribution in [-0.2, 0) is 21.4 Å². The molecule has 8 heteroatoms. The Morgan fingerprint density at radius 1 is 1.00 bits per heavy atom. The molecular weight excluding hydrogens is 378 g/mol. The number of aromatic nitrogens is 1. The minimum atomic E-state index is -3.87. The van der Waals surface area contributed by atoms with Crippen LogP contribution in [0.25, 0.3) is 0 Å². The van der Waals surface area contributed by atoms with Gasteiger partial charge in [0.15, 0.2) is 0 Å². The molecule has 0 atom stereocenters. The van der Waals surface area contributed by atoms with Gasteiger partial charge in [-0.05, 0) is 37.1 Å². The average Bonchev–Trinajstić information content (AvgIpc) is 2.99. The molecule has 0 saturated carbocycles. The van der Waals surface area contributed by atoms with Gasteiger partial charge in [-0.25, -0.2) is 8.42 Å². The van der Waals surface area contributed by atoms with Crippen LogP contribution in [0.5, 0.6) is 0 Å². The first-order chi connectivity index (χ1) is 13.4. The monoisotopic (exact) mass is 403 g/mol. The van der Waals surface area contributed by atoms with Crippen LogP contribution in [0.4, 0.5) is 5.69 Å². The highest BCUT2D eigenvalue weighted by Crippen LogP contribution is 2.18. The summed E-state index contributed by atoms with van der Waals surface area (Å²) >= 11 is 0. The number of para-hydroxylation sites is 1. The topological polar surface area (TPSA) is 79.7 Å². The third-order valence-electron chi connectivity index (χ3n) is 4.99. The van der Waals surface area contributed by atoms with Crippen molar-refractivity contribution in [2.75, 3.05) is 25.0 Å². The number of carbonyl (C=O) groups is 1. The predicted molar refractivity (Wildman–Crippen MR) is 108 cm³/mol. The number of likely N-dealkylation sites (N-methyl/N-ethyl adjacent to an activating group) is 1. The summed E-state index contributed by atoms with van der Waals surface area (Å²) < 4.78 is 28.5. The smallest absolute Gasteiger partial charge is 0.271 e. The molecule has 3 rings (SSSR count). The van der Waals surface area contributed by atoms with E-state index in [9.17, 15) is 18.0 Å². The van der Waals surface area contributed by atoms with Gasteiger partial charge in [0.1, 0.15) is 11.4 Å². The Bertz CT molecular complexity index is 978. The van der Waals surface area contributed by atoms with Crippen LogP contribution in [0.1, 0.15) is 25.7 Å². The number of anilines is 1. The van der Waals surface area contributed by atoms with Crippen molar-refractivity contribution in [2.24, 2.45) is 0 Å². The van der Waals surface area contributed by atoms with Gasteiger partial charge in [-0.3, -0.25) is 9.59 Å². The Balaban J connectivity index is 1.85. The third kappa shape index (κ3) is 4.34. The zero-order valence-corrected chi connectivity index (χ0v) is 16.8. The lowest BCUT2D eigenvalue weighted by molar-refractivity contribution is -0.118. The third-order valence-corrected chi connectivity index (χ3v) is 6.90. The van der Waals surface area contributed by atoms with E-state index in [1.54, 1.807) is 19.2 Å². The predicted octanol–water partition coefficient (Wildman–Crippen LogP) is 2.08. The maximum absolute atomic E-state index is 13.0. The van der Waals surface area contributed by atoms with Gasteiger partial charge in [0.05, 0.1) is 0 Å². The zero-order chi connectivity index (χ0) is 20.1. The van der Waals surface area contributed by atoms with E-state index in [1.165, 1.54) is 27.5 Å². The van der Waals surface area contributed by atoms with E-state index in [0.29, 0.717) is 18.8 Å². The number of hydrogen-bond acceptors (Lipinski definition) is 4. The maximum Gasteiger partial charge on any atom is 0.271 e. The zero-order valence-electron chi connectivity index (χ0n) is 16.0. The van der Waals surface area contributed by atoms with Crippen molar-refractivity contribution in [1.82, 2.24) is 8.87 Å². The van der Waals surface area contributed by atoms with Gasteiger partial charge in [-0.1, -0.05) is 31.0 Å². The highest BCUT2D eigenvalue weighted by molar-refractivity contribution is 7.89. The molecule has 1 aromatic carbocycles. The Kier molecular flexibility index (Phi) is 6.31. The van der Waals surface area contributed by atoms with Crippen molar-refractivity contribution < 1.29 is 13.2 Å². The van der Waals surface area contributed by atoms with Gasteiger partial charge in [0.2, 0.25) is 15.9 Å². The van der Waals surface area contributed by atoms with Crippen molar-refractivity contribution >= 4 is 21.6 Å². The van der Waals surface area contributed by atoms with E-state index in [4.69, 9.17) is 0 Å². The van der Waals surface area contributed by atoms with Crippen LogP contribution in [0, 0.1) is 0 Å². The molecular formula is C20H25N3O4S. The van der Waals surface area contributed by atoms with E-state index in [2.05, 4.69) is 0 Å². The van der Waals surface area contributed by atoms with E-state index in [-0.39, 0.29) is 17.3 Å². The van der Waals surface area contributed by atoms with Gasteiger partial charge < -0.3 is 9.47 Å². The fraction of sp³-hybridized carbons (Fsp3) is 0.400. The molecule has 0 unspecified atom stereocenters. The first kappa shape index (κ1) is 20.3. The molecule has 0 bridgehead atoms. The summed E-state index contributed by atoms with van der Waals surface area (Å²) in [6.45, 7) is 0.617. The van der Waals surface area contributed by atoms with Crippen LogP contribution < -0.4 is 10.5 Å². The van der Waals surface area contributed by atoms with E-state index in [1.807, 2.05) is 18.2 Å². The molecule has 0 N–H and O–H groups in total. The van der Waals surface area contributed by atoms with Gasteiger partial charge in [-0.2, -0.15) is 4.31 Å². The molecule has 150 valence electrons. The molecule has 1 saturated heterocycles. The number of rotatable bonds is 5. The molecule has 1 amide bonds.